The predicted molar refractivity (Wildman–Crippen MR) is 79.2 cm³/mol. The van der Waals surface area contributed by atoms with Gasteiger partial charge in [0.1, 0.15) is 5.52 Å². The molecule has 1 aromatic heterocycles. The SMILES string of the molecule is Cc1ccc(N)c(SCc2nc3ccccc3o2)c1. The number of anilines is 1. The van der Waals surface area contributed by atoms with Gasteiger partial charge in [-0.1, -0.05) is 18.2 Å². The smallest absolute Gasteiger partial charge is 0.205 e. The average molecular weight is 270 g/mol. The molecular formula is C15H14N2OS. The van der Waals surface area contributed by atoms with E-state index in [4.69, 9.17) is 10.2 Å². The van der Waals surface area contributed by atoms with Crippen LogP contribution in [-0.4, -0.2) is 4.98 Å². The lowest BCUT2D eigenvalue weighted by Gasteiger charge is -2.04. The van der Waals surface area contributed by atoms with Gasteiger partial charge in [-0.25, -0.2) is 4.98 Å². The Morgan fingerprint density at radius 2 is 2.05 bits per heavy atom. The maximum Gasteiger partial charge on any atom is 0.205 e. The highest BCUT2D eigenvalue weighted by Crippen LogP contribution is 2.29. The summed E-state index contributed by atoms with van der Waals surface area (Å²) in [6.07, 6.45) is 0. The number of nitrogens with zero attached hydrogens (tertiary/aromatic N) is 1. The monoisotopic (exact) mass is 270 g/mol. The van der Waals surface area contributed by atoms with Gasteiger partial charge in [0.15, 0.2) is 5.58 Å². The molecule has 0 amide bonds. The van der Waals surface area contributed by atoms with Gasteiger partial charge in [-0.2, -0.15) is 0 Å². The Labute approximate surface area is 115 Å². The van der Waals surface area contributed by atoms with E-state index in [2.05, 4.69) is 18.0 Å². The van der Waals surface area contributed by atoms with Gasteiger partial charge in [-0.3, -0.25) is 0 Å². The maximum absolute atomic E-state index is 5.96. The standard InChI is InChI=1S/C15H14N2OS/c1-10-6-7-11(16)14(8-10)19-9-15-17-12-4-2-3-5-13(12)18-15/h2-8H,9,16H2,1H3. The molecule has 0 radical (unpaired) electrons. The third-order valence-corrected chi connectivity index (χ3v) is 3.91. The summed E-state index contributed by atoms with van der Waals surface area (Å²) in [5, 5.41) is 0. The number of hydrogen-bond acceptors (Lipinski definition) is 4. The van der Waals surface area contributed by atoms with Crippen LogP contribution >= 0.6 is 11.8 Å². The van der Waals surface area contributed by atoms with Crippen LogP contribution in [0.5, 0.6) is 0 Å². The summed E-state index contributed by atoms with van der Waals surface area (Å²) in [5.74, 6) is 1.41. The van der Waals surface area contributed by atoms with Crippen molar-refractivity contribution in [2.75, 3.05) is 5.73 Å². The van der Waals surface area contributed by atoms with Crippen LogP contribution in [0, 0.1) is 6.92 Å². The Balaban J connectivity index is 1.80. The summed E-state index contributed by atoms with van der Waals surface area (Å²) in [5.41, 5.74) is 9.69. The Bertz CT molecular complexity index is 688. The molecule has 4 heteroatoms. The molecule has 2 aromatic carbocycles. The Kier molecular flexibility index (Phi) is 3.17. The van der Waals surface area contributed by atoms with Gasteiger partial charge >= 0.3 is 0 Å². The molecule has 0 spiro atoms. The third-order valence-electron chi connectivity index (χ3n) is 2.86. The molecule has 3 nitrogen and oxygen atoms in total. The van der Waals surface area contributed by atoms with Crippen LogP contribution in [0.2, 0.25) is 0 Å². The molecule has 1 heterocycles. The first-order chi connectivity index (χ1) is 9.22. The van der Waals surface area contributed by atoms with E-state index < -0.39 is 0 Å². The van der Waals surface area contributed by atoms with Crippen molar-refractivity contribution in [3.63, 3.8) is 0 Å². The van der Waals surface area contributed by atoms with E-state index in [9.17, 15) is 0 Å². The van der Waals surface area contributed by atoms with Gasteiger partial charge in [0.25, 0.3) is 0 Å². The number of fused-ring (bicyclic) bond motifs is 1. The second kappa shape index (κ2) is 4.97. The van der Waals surface area contributed by atoms with E-state index in [1.165, 1.54) is 5.56 Å². The number of oxazole rings is 1. The lowest BCUT2D eigenvalue weighted by atomic mass is 10.2. The zero-order chi connectivity index (χ0) is 13.2. The average Bonchev–Trinajstić information content (AvgIpc) is 2.82. The third kappa shape index (κ3) is 2.58. The van der Waals surface area contributed by atoms with Gasteiger partial charge in [-0.05, 0) is 36.8 Å². The minimum atomic E-state index is 0.683. The summed E-state index contributed by atoms with van der Waals surface area (Å²) in [4.78, 5) is 5.52. The molecule has 2 N–H and O–H groups in total. The molecule has 0 unspecified atom stereocenters. The van der Waals surface area contributed by atoms with Crippen LogP contribution in [0.4, 0.5) is 5.69 Å². The topological polar surface area (TPSA) is 52.0 Å². The maximum atomic E-state index is 5.96. The van der Waals surface area contributed by atoms with Crippen molar-refractivity contribution in [3.8, 4) is 0 Å². The van der Waals surface area contributed by atoms with E-state index in [0.717, 1.165) is 27.6 Å². The molecule has 19 heavy (non-hydrogen) atoms. The minimum absolute atomic E-state index is 0.683. The molecule has 0 aliphatic rings. The van der Waals surface area contributed by atoms with Gasteiger partial charge in [0.2, 0.25) is 5.89 Å². The number of aromatic nitrogens is 1. The first kappa shape index (κ1) is 12.1. The van der Waals surface area contributed by atoms with Crippen molar-refractivity contribution in [1.82, 2.24) is 4.98 Å². The molecule has 0 fully saturated rings. The molecule has 0 aliphatic heterocycles. The number of nitrogen functional groups attached to an aromatic ring is 1. The predicted octanol–water partition coefficient (Wildman–Crippen LogP) is 4.01. The van der Waals surface area contributed by atoms with Crippen LogP contribution in [0.15, 0.2) is 51.8 Å². The van der Waals surface area contributed by atoms with E-state index >= 15 is 0 Å². The van der Waals surface area contributed by atoms with Crippen molar-refractivity contribution >= 4 is 28.5 Å². The minimum Gasteiger partial charge on any atom is -0.440 e. The van der Waals surface area contributed by atoms with Gasteiger partial charge in [0, 0.05) is 10.6 Å². The molecular weight excluding hydrogens is 256 g/mol. The number of hydrogen-bond donors (Lipinski definition) is 1. The van der Waals surface area contributed by atoms with Gasteiger partial charge < -0.3 is 10.2 Å². The fraction of sp³-hybridized carbons (Fsp3) is 0.133. The number of benzene rings is 2. The molecule has 0 saturated carbocycles. The molecule has 0 aliphatic carbocycles. The molecule has 96 valence electrons. The van der Waals surface area contributed by atoms with Gasteiger partial charge in [0.05, 0.1) is 5.75 Å². The van der Waals surface area contributed by atoms with Gasteiger partial charge in [-0.15, -0.1) is 11.8 Å². The summed E-state index contributed by atoms with van der Waals surface area (Å²) in [6, 6.07) is 13.8. The second-order valence-corrected chi connectivity index (χ2v) is 5.42. The van der Waals surface area contributed by atoms with Crippen LogP contribution < -0.4 is 5.73 Å². The highest BCUT2D eigenvalue weighted by molar-refractivity contribution is 7.98. The second-order valence-electron chi connectivity index (χ2n) is 4.41. The van der Waals surface area contributed by atoms with Crippen molar-refractivity contribution < 1.29 is 4.42 Å². The van der Waals surface area contributed by atoms with Crippen molar-refractivity contribution in [2.45, 2.75) is 17.6 Å². The fourth-order valence-electron chi connectivity index (χ4n) is 1.89. The molecule has 0 saturated heterocycles. The summed E-state index contributed by atoms with van der Waals surface area (Å²) in [7, 11) is 0. The lowest BCUT2D eigenvalue weighted by molar-refractivity contribution is 0.556. The first-order valence-corrected chi connectivity index (χ1v) is 7.04. The molecule has 0 atom stereocenters. The Hall–Kier alpha value is -1.94. The molecule has 0 bridgehead atoms. The first-order valence-electron chi connectivity index (χ1n) is 6.06. The number of aryl methyl sites for hydroxylation is 1. The number of thioether (sulfide) groups is 1. The Morgan fingerprint density at radius 1 is 1.21 bits per heavy atom. The largest absolute Gasteiger partial charge is 0.440 e. The van der Waals surface area contributed by atoms with E-state index in [0.29, 0.717) is 5.75 Å². The van der Waals surface area contributed by atoms with Crippen LogP contribution in [0.3, 0.4) is 0 Å². The zero-order valence-electron chi connectivity index (χ0n) is 10.6. The lowest BCUT2D eigenvalue weighted by Crippen LogP contribution is -1.89. The van der Waals surface area contributed by atoms with Crippen LogP contribution in [0.1, 0.15) is 11.5 Å². The highest BCUT2D eigenvalue weighted by atomic mass is 32.2. The van der Waals surface area contributed by atoms with E-state index in [-0.39, 0.29) is 0 Å². The van der Waals surface area contributed by atoms with E-state index in [1.54, 1.807) is 11.8 Å². The number of para-hydroxylation sites is 2. The summed E-state index contributed by atoms with van der Waals surface area (Å²) in [6.45, 7) is 2.06. The molecule has 3 aromatic rings. The zero-order valence-corrected chi connectivity index (χ0v) is 11.4. The summed E-state index contributed by atoms with van der Waals surface area (Å²) >= 11 is 1.65. The normalized spacial score (nSPS) is 11.0. The quantitative estimate of drug-likeness (QED) is 0.577. The van der Waals surface area contributed by atoms with E-state index in [1.807, 2.05) is 36.4 Å². The van der Waals surface area contributed by atoms with Crippen LogP contribution in [0.25, 0.3) is 11.1 Å². The molecule has 3 rings (SSSR count). The number of rotatable bonds is 3. The van der Waals surface area contributed by atoms with Crippen molar-refractivity contribution in [1.29, 1.82) is 0 Å². The number of nitrogens with two attached hydrogens (primary N) is 1. The highest BCUT2D eigenvalue weighted by Gasteiger charge is 2.07. The summed E-state index contributed by atoms with van der Waals surface area (Å²) < 4.78 is 5.69. The van der Waals surface area contributed by atoms with Crippen molar-refractivity contribution in [2.24, 2.45) is 0 Å². The fourth-order valence-corrected chi connectivity index (χ4v) is 2.79. The Morgan fingerprint density at radius 3 is 2.89 bits per heavy atom. The van der Waals surface area contributed by atoms with Crippen molar-refractivity contribution in [3.05, 3.63) is 53.9 Å². The van der Waals surface area contributed by atoms with Crippen LogP contribution in [-0.2, 0) is 5.75 Å².